The van der Waals surface area contributed by atoms with Crippen molar-refractivity contribution in [2.75, 3.05) is 23.4 Å². The number of benzene rings is 2. The summed E-state index contributed by atoms with van der Waals surface area (Å²) in [6.07, 6.45) is -0.0638. The molecule has 1 heterocycles. The third kappa shape index (κ3) is 5.08. The molecule has 1 N–H and O–H groups in total. The molecule has 0 radical (unpaired) electrons. The van der Waals surface area contributed by atoms with Crippen LogP contribution in [0.1, 0.15) is 6.42 Å². The molecule has 0 aromatic heterocycles. The number of nitro benzene ring substituents is 1. The SMILES string of the molecule is O=C(COC(=O)[C@H]1CC(=O)N(c2ccc([N+](=O)[O-])cc2)C1)Nc1cccc(Cl)c1. The number of nitrogens with zero attached hydrogens (tertiary/aromatic N) is 2. The zero-order valence-electron chi connectivity index (χ0n) is 15.0. The van der Waals surface area contributed by atoms with Crippen molar-refractivity contribution >= 4 is 46.4 Å². The lowest BCUT2D eigenvalue weighted by Crippen LogP contribution is -2.28. The first-order valence-corrected chi connectivity index (χ1v) is 8.98. The molecule has 3 rings (SSSR count). The van der Waals surface area contributed by atoms with Crippen molar-refractivity contribution in [3.63, 3.8) is 0 Å². The number of hydrogen-bond acceptors (Lipinski definition) is 6. The van der Waals surface area contributed by atoms with E-state index in [1.165, 1.54) is 29.2 Å². The number of esters is 1. The Morgan fingerprint density at radius 1 is 1.24 bits per heavy atom. The van der Waals surface area contributed by atoms with Gasteiger partial charge in [0.1, 0.15) is 0 Å². The Hall–Kier alpha value is -3.46. The monoisotopic (exact) mass is 417 g/mol. The molecule has 0 spiro atoms. The Balaban J connectivity index is 1.53. The smallest absolute Gasteiger partial charge is 0.311 e. The first kappa shape index (κ1) is 20.3. The molecule has 0 bridgehead atoms. The predicted molar refractivity (Wildman–Crippen MR) is 105 cm³/mol. The van der Waals surface area contributed by atoms with Gasteiger partial charge in [0.15, 0.2) is 6.61 Å². The van der Waals surface area contributed by atoms with Gasteiger partial charge in [-0.05, 0) is 30.3 Å². The maximum Gasteiger partial charge on any atom is 0.311 e. The van der Waals surface area contributed by atoms with Gasteiger partial charge in [0.05, 0.1) is 10.8 Å². The molecule has 0 unspecified atom stereocenters. The lowest BCUT2D eigenvalue weighted by molar-refractivity contribution is -0.384. The van der Waals surface area contributed by atoms with Crippen LogP contribution in [0.25, 0.3) is 0 Å². The number of halogens is 1. The Labute approximate surface area is 170 Å². The molecule has 1 aliphatic heterocycles. The number of rotatable bonds is 6. The van der Waals surface area contributed by atoms with E-state index in [1.807, 2.05) is 0 Å². The molecule has 1 saturated heterocycles. The van der Waals surface area contributed by atoms with Crippen LogP contribution in [-0.2, 0) is 19.1 Å². The minimum atomic E-state index is -0.725. The van der Waals surface area contributed by atoms with Crippen molar-refractivity contribution < 1.29 is 24.0 Å². The van der Waals surface area contributed by atoms with E-state index in [4.69, 9.17) is 16.3 Å². The van der Waals surface area contributed by atoms with E-state index in [9.17, 15) is 24.5 Å². The van der Waals surface area contributed by atoms with Crippen LogP contribution in [0.3, 0.4) is 0 Å². The average molecular weight is 418 g/mol. The summed E-state index contributed by atoms with van der Waals surface area (Å²) < 4.78 is 5.02. The number of non-ortho nitro benzene ring substituents is 1. The van der Waals surface area contributed by atoms with Crippen LogP contribution >= 0.6 is 11.6 Å². The molecule has 0 saturated carbocycles. The third-order valence-corrected chi connectivity index (χ3v) is 4.52. The van der Waals surface area contributed by atoms with Crippen LogP contribution in [-0.4, -0.2) is 35.9 Å². The molecule has 150 valence electrons. The number of carbonyl (C=O) groups is 3. The molecule has 29 heavy (non-hydrogen) atoms. The van der Waals surface area contributed by atoms with Gasteiger partial charge in [0.25, 0.3) is 11.6 Å². The zero-order valence-corrected chi connectivity index (χ0v) is 15.8. The van der Waals surface area contributed by atoms with Gasteiger partial charge in [0, 0.05) is 41.5 Å². The molecule has 2 aromatic carbocycles. The topological polar surface area (TPSA) is 119 Å². The second-order valence-corrected chi connectivity index (χ2v) is 6.78. The van der Waals surface area contributed by atoms with Gasteiger partial charge in [-0.25, -0.2) is 0 Å². The number of nitrogens with one attached hydrogen (secondary N) is 1. The van der Waals surface area contributed by atoms with Crippen LogP contribution in [0.2, 0.25) is 5.02 Å². The fraction of sp³-hybridized carbons (Fsp3) is 0.211. The molecule has 10 heteroatoms. The molecule has 1 fully saturated rings. The summed E-state index contributed by atoms with van der Waals surface area (Å²) in [4.78, 5) is 47.9. The third-order valence-electron chi connectivity index (χ3n) is 4.28. The normalized spacial score (nSPS) is 15.8. The molecule has 2 amide bonds. The molecule has 1 aliphatic rings. The van der Waals surface area contributed by atoms with Crippen molar-refractivity contribution in [2.24, 2.45) is 5.92 Å². The summed E-state index contributed by atoms with van der Waals surface area (Å²) in [6, 6.07) is 12.0. The lowest BCUT2D eigenvalue weighted by Gasteiger charge is -2.16. The van der Waals surface area contributed by atoms with Crippen molar-refractivity contribution in [2.45, 2.75) is 6.42 Å². The van der Waals surface area contributed by atoms with Crippen LogP contribution in [0, 0.1) is 16.0 Å². The highest BCUT2D eigenvalue weighted by Crippen LogP contribution is 2.27. The summed E-state index contributed by atoms with van der Waals surface area (Å²) in [5, 5.41) is 13.7. The maximum absolute atomic E-state index is 12.2. The Morgan fingerprint density at radius 3 is 2.62 bits per heavy atom. The van der Waals surface area contributed by atoms with Crippen molar-refractivity contribution in [1.82, 2.24) is 0 Å². The standard InChI is InChI=1S/C19H16ClN3O6/c20-13-2-1-3-14(9-13)21-17(24)11-29-19(26)12-8-18(25)22(10-12)15-4-6-16(7-5-15)23(27)28/h1-7,9,12H,8,10-11H2,(H,21,24)/t12-/m0/s1. The van der Waals surface area contributed by atoms with Gasteiger partial charge in [-0.15, -0.1) is 0 Å². The van der Waals surface area contributed by atoms with Crippen LogP contribution in [0.4, 0.5) is 17.1 Å². The number of nitro groups is 1. The Morgan fingerprint density at radius 2 is 1.97 bits per heavy atom. The minimum absolute atomic E-state index is 0.0638. The molecular weight excluding hydrogens is 402 g/mol. The quantitative estimate of drug-likeness (QED) is 0.438. The van der Waals surface area contributed by atoms with Gasteiger partial charge in [-0.3, -0.25) is 24.5 Å². The van der Waals surface area contributed by atoms with Crippen LogP contribution in [0.5, 0.6) is 0 Å². The lowest BCUT2D eigenvalue weighted by atomic mass is 10.1. The van der Waals surface area contributed by atoms with E-state index < -0.39 is 29.3 Å². The van der Waals surface area contributed by atoms with Crippen molar-refractivity contribution in [3.8, 4) is 0 Å². The van der Waals surface area contributed by atoms with E-state index >= 15 is 0 Å². The van der Waals surface area contributed by atoms with E-state index in [0.717, 1.165) is 0 Å². The number of carbonyl (C=O) groups excluding carboxylic acids is 3. The van der Waals surface area contributed by atoms with Gasteiger partial charge in [-0.2, -0.15) is 0 Å². The fourth-order valence-electron chi connectivity index (χ4n) is 2.89. The molecule has 9 nitrogen and oxygen atoms in total. The fourth-order valence-corrected chi connectivity index (χ4v) is 3.08. The summed E-state index contributed by atoms with van der Waals surface area (Å²) in [7, 11) is 0. The minimum Gasteiger partial charge on any atom is -0.455 e. The predicted octanol–water partition coefficient (Wildman–Crippen LogP) is 2.78. The largest absolute Gasteiger partial charge is 0.455 e. The van der Waals surface area contributed by atoms with E-state index in [2.05, 4.69) is 5.32 Å². The number of anilines is 2. The zero-order chi connectivity index (χ0) is 21.0. The molecule has 0 aliphatic carbocycles. The second-order valence-electron chi connectivity index (χ2n) is 6.35. The first-order chi connectivity index (χ1) is 13.8. The Kier molecular flexibility index (Phi) is 6.08. The molecule has 1 atom stereocenters. The summed E-state index contributed by atoms with van der Waals surface area (Å²) in [5.74, 6) is -2.22. The summed E-state index contributed by atoms with van der Waals surface area (Å²) in [5.41, 5.74) is 0.829. The second kappa shape index (κ2) is 8.70. The first-order valence-electron chi connectivity index (χ1n) is 8.60. The number of amides is 2. The molecular formula is C19H16ClN3O6. The van der Waals surface area contributed by atoms with Crippen molar-refractivity contribution in [1.29, 1.82) is 0 Å². The van der Waals surface area contributed by atoms with Crippen LogP contribution in [0.15, 0.2) is 48.5 Å². The van der Waals surface area contributed by atoms with Crippen molar-refractivity contribution in [3.05, 3.63) is 63.7 Å². The van der Waals surface area contributed by atoms with Gasteiger partial charge >= 0.3 is 5.97 Å². The van der Waals surface area contributed by atoms with Gasteiger partial charge in [0.2, 0.25) is 5.91 Å². The average Bonchev–Trinajstić information content (AvgIpc) is 3.08. The van der Waals surface area contributed by atoms with Gasteiger partial charge in [-0.1, -0.05) is 17.7 Å². The van der Waals surface area contributed by atoms with E-state index in [0.29, 0.717) is 16.4 Å². The highest BCUT2D eigenvalue weighted by molar-refractivity contribution is 6.30. The summed E-state index contributed by atoms with van der Waals surface area (Å²) >= 11 is 5.84. The van der Waals surface area contributed by atoms with E-state index in [1.54, 1.807) is 24.3 Å². The maximum atomic E-state index is 12.2. The molecule has 2 aromatic rings. The highest BCUT2D eigenvalue weighted by Gasteiger charge is 2.36. The highest BCUT2D eigenvalue weighted by atomic mass is 35.5. The Bertz CT molecular complexity index is 963. The summed E-state index contributed by atoms with van der Waals surface area (Å²) in [6.45, 7) is -0.418. The van der Waals surface area contributed by atoms with Gasteiger partial charge < -0.3 is 15.0 Å². The number of ether oxygens (including phenoxy) is 1. The number of hydrogen-bond donors (Lipinski definition) is 1. The van der Waals surface area contributed by atoms with Crippen LogP contribution < -0.4 is 10.2 Å². The van der Waals surface area contributed by atoms with E-state index in [-0.39, 0.29) is 24.6 Å².